The van der Waals surface area contributed by atoms with Gasteiger partial charge in [-0.25, -0.2) is 13.9 Å². The first-order chi connectivity index (χ1) is 35.9. The molecule has 75 heavy (non-hydrogen) atoms. The zero-order valence-corrected chi connectivity index (χ0v) is 48.5. The van der Waals surface area contributed by atoms with Gasteiger partial charge in [-0.3, -0.25) is 23.2 Å². The number of anilines is 1. The molecule has 438 valence electrons. The van der Waals surface area contributed by atoms with Gasteiger partial charge in [0, 0.05) is 19.0 Å². The Labute approximate surface area is 450 Å². The number of unbranched alkanes of at least 4 members (excludes halogenated alkanes) is 28. The molecule has 1 aromatic heterocycles. The Bertz CT molecular complexity index is 1790. The summed E-state index contributed by atoms with van der Waals surface area (Å²) in [6.07, 6.45) is 33.1. The van der Waals surface area contributed by atoms with Gasteiger partial charge in [0.1, 0.15) is 30.7 Å². The Hall–Kier alpha value is -2.24. The van der Waals surface area contributed by atoms with Crippen LogP contribution in [0.1, 0.15) is 259 Å². The zero-order chi connectivity index (χ0) is 55.2. The summed E-state index contributed by atoms with van der Waals surface area (Å²) in [5.41, 5.74) is 4.61. The van der Waals surface area contributed by atoms with Crippen molar-refractivity contribution in [1.29, 1.82) is 0 Å². The van der Waals surface area contributed by atoms with Crippen LogP contribution < -0.4 is 11.4 Å². The van der Waals surface area contributed by atoms with Crippen LogP contribution in [0.3, 0.4) is 0 Å². The van der Waals surface area contributed by atoms with Gasteiger partial charge in [-0.15, -0.1) is 0 Å². The molecule has 4 unspecified atom stereocenters. The van der Waals surface area contributed by atoms with Crippen LogP contribution in [0, 0.1) is 11.8 Å². The number of nitrogens with zero attached hydrogens (tertiary/aromatic N) is 2. The summed E-state index contributed by atoms with van der Waals surface area (Å²) in [5, 5.41) is 21.0. The molecule has 0 amide bonds. The van der Waals surface area contributed by atoms with Crippen LogP contribution >= 0.6 is 15.6 Å². The average Bonchev–Trinajstić information content (AvgIpc) is 3.64. The number of nitrogens with two attached hydrogens (primary N) is 1. The number of phosphoric acid groups is 2. The number of rotatable bonds is 49. The van der Waals surface area contributed by atoms with Crippen molar-refractivity contribution in [1.82, 2.24) is 9.55 Å². The van der Waals surface area contributed by atoms with E-state index in [4.69, 9.17) is 29.0 Å². The van der Waals surface area contributed by atoms with Crippen molar-refractivity contribution in [3.63, 3.8) is 0 Å². The van der Waals surface area contributed by atoms with Crippen LogP contribution in [0.2, 0.25) is 0 Å². The van der Waals surface area contributed by atoms with Crippen LogP contribution in [0.5, 0.6) is 0 Å². The molecule has 6 N–H and O–H groups in total. The highest BCUT2D eigenvalue weighted by atomic mass is 31.3. The molecule has 0 radical (unpaired) electrons. The lowest BCUT2D eigenvalue weighted by Gasteiger charge is -2.21. The van der Waals surface area contributed by atoms with Crippen LogP contribution in [0.15, 0.2) is 17.1 Å². The second kappa shape index (κ2) is 41.8. The van der Waals surface area contributed by atoms with Crippen molar-refractivity contribution < 1.29 is 66.3 Å². The van der Waals surface area contributed by atoms with Crippen molar-refractivity contribution in [2.24, 2.45) is 11.8 Å². The highest BCUT2D eigenvalue weighted by Gasteiger charge is 2.46. The van der Waals surface area contributed by atoms with Gasteiger partial charge in [-0.2, -0.15) is 9.29 Å². The number of aliphatic hydroxyl groups is 2. The molecule has 0 bridgehead atoms. The number of hydrogen-bond donors (Lipinski definition) is 5. The summed E-state index contributed by atoms with van der Waals surface area (Å²) >= 11 is 0. The van der Waals surface area contributed by atoms with Gasteiger partial charge < -0.3 is 39.9 Å². The summed E-state index contributed by atoms with van der Waals surface area (Å²) < 4.78 is 57.1. The molecule has 18 nitrogen and oxygen atoms in total. The van der Waals surface area contributed by atoms with E-state index in [0.29, 0.717) is 12.8 Å². The van der Waals surface area contributed by atoms with Crippen LogP contribution in [-0.2, 0) is 46.3 Å². The second-order valence-electron chi connectivity index (χ2n) is 21.6. The van der Waals surface area contributed by atoms with Crippen molar-refractivity contribution >= 4 is 33.4 Å². The Balaban J connectivity index is 1.74. The summed E-state index contributed by atoms with van der Waals surface area (Å²) in [7, 11) is -10.8. The minimum Gasteiger partial charge on any atom is -0.462 e. The summed E-state index contributed by atoms with van der Waals surface area (Å²) in [6.45, 7) is 6.92. The van der Waals surface area contributed by atoms with E-state index in [9.17, 15) is 43.5 Å². The quantitative estimate of drug-likeness (QED) is 0.0231. The molecule has 8 atom stereocenters. The van der Waals surface area contributed by atoms with Crippen molar-refractivity contribution in [3.8, 4) is 0 Å². The first-order valence-corrected chi connectivity index (χ1v) is 32.3. The smallest absolute Gasteiger partial charge is 0.462 e. The molecular weight excluding hydrogens is 1000 g/mol. The van der Waals surface area contributed by atoms with E-state index in [1.165, 1.54) is 160 Å². The van der Waals surface area contributed by atoms with Crippen LogP contribution in [0.4, 0.5) is 5.82 Å². The third-order valence-corrected chi connectivity index (χ3v) is 16.8. The summed E-state index contributed by atoms with van der Waals surface area (Å²) in [4.78, 5) is 62.2. The lowest BCUT2D eigenvalue weighted by Crippen LogP contribution is -2.36. The largest absolute Gasteiger partial charge is 0.481 e. The fourth-order valence-electron chi connectivity index (χ4n) is 9.24. The number of phosphoric ester groups is 2. The fourth-order valence-corrected chi connectivity index (χ4v) is 11.4. The van der Waals surface area contributed by atoms with Gasteiger partial charge >= 0.3 is 33.3 Å². The maximum absolute atomic E-state index is 12.9. The number of hydrogen-bond acceptors (Lipinski definition) is 15. The maximum Gasteiger partial charge on any atom is 0.481 e. The monoisotopic (exact) mass is 1110 g/mol. The Morgan fingerprint density at radius 2 is 1.07 bits per heavy atom. The number of aliphatic hydroxyl groups excluding tert-OH is 2. The number of aromatic nitrogens is 2. The first kappa shape index (κ1) is 68.9. The van der Waals surface area contributed by atoms with Gasteiger partial charge in [0.25, 0.3) is 0 Å². The predicted molar refractivity (Wildman–Crippen MR) is 294 cm³/mol. The molecular formula is C55H103N3O15P2. The third kappa shape index (κ3) is 35.1. The molecule has 1 fully saturated rings. The highest BCUT2D eigenvalue weighted by Crippen LogP contribution is 2.60. The van der Waals surface area contributed by atoms with E-state index < -0.39 is 83.7 Å². The van der Waals surface area contributed by atoms with Crippen molar-refractivity contribution in [2.45, 2.75) is 283 Å². The fraction of sp³-hybridized carbons (Fsp3) is 0.891. The van der Waals surface area contributed by atoms with E-state index in [2.05, 4.69) is 37.0 Å². The molecule has 1 aliphatic rings. The Morgan fingerprint density at radius 1 is 0.640 bits per heavy atom. The summed E-state index contributed by atoms with van der Waals surface area (Å²) in [5.74, 6) is 0.387. The van der Waals surface area contributed by atoms with Crippen molar-refractivity contribution in [2.75, 3.05) is 25.6 Å². The molecule has 0 saturated carbocycles. The second-order valence-corrected chi connectivity index (χ2v) is 24.6. The number of ether oxygens (including phenoxy) is 3. The van der Waals surface area contributed by atoms with Crippen LogP contribution in [-0.4, -0.2) is 85.7 Å². The number of carbonyl (C=O) groups is 2. The topological polar surface area (TPSA) is 265 Å². The minimum atomic E-state index is -5.42. The van der Waals surface area contributed by atoms with Crippen LogP contribution in [0.25, 0.3) is 0 Å². The average molecular weight is 1110 g/mol. The third-order valence-electron chi connectivity index (χ3n) is 14.2. The van der Waals surface area contributed by atoms with Gasteiger partial charge in [-0.05, 0) is 30.7 Å². The van der Waals surface area contributed by atoms with Gasteiger partial charge in [0.15, 0.2) is 12.3 Å². The molecule has 20 heteroatoms. The highest BCUT2D eigenvalue weighted by molar-refractivity contribution is 7.61. The molecule has 1 aromatic rings. The van der Waals surface area contributed by atoms with E-state index in [0.717, 1.165) is 67.8 Å². The lowest BCUT2D eigenvalue weighted by atomic mass is 9.99. The predicted octanol–water partition coefficient (Wildman–Crippen LogP) is 13.1. The molecule has 0 aromatic carbocycles. The number of carbonyl (C=O) groups excluding carboxylic acids is 2. The molecule has 1 saturated heterocycles. The van der Waals surface area contributed by atoms with E-state index in [1.807, 2.05) is 0 Å². The normalized spacial score (nSPS) is 19.2. The molecule has 2 rings (SSSR count). The SMILES string of the molecule is CCC(C)CCCCCCCCCCCCCCCCC(=O)OC[C@H](COP(=O)(O)OP(=O)(O)OC[C@H]1O[C@@H](n2ccc(N)nc2=O)C(O)[C@H]1O)OC(=O)CCCCCCCCCCCCCCCCCCC(C)C. The molecule has 2 heterocycles. The number of nitrogen functional groups attached to an aromatic ring is 1. The van der Waals surface area contributed by atoms with E-state index in [-0.39, 0.29) is 18.7 Å². The lowest BCUT2D eigenvalue weighted by molar-refractivity contribution is -0.161. The standard InChI is InChI=1S/C55H103N3O15P2/c1-5-46(4)37-33-29-25-21-17-13-10-11-14-18-22-26-30-34-38-50(59)68-42-47(71-51(60)39-35-31-27-23-19-15-9-7-6-8-12-16-20-24-28-32-36-45(2)3)43-69-74(64,65)73-75(66,67)70-44-48-52(61)53(62)54(72-48)58-41-40-49(56)57-55(58)63/h40-41,45-48,52-54,61-62H,5-39,42-44H2,1-4H3,(H,64,65)(H,66,67)(H2,56,57,63)/t46?,47-,48-,52+,53?,54-/m1/s1. The van der Waals surface area contributed by atoms with E-state index >= 15 is 0 Å². The van der Waals surface area contributed by atoms with Gasteiger partial charge in [0.2, 0.25) is 0 Å². The van der Waals surface area contributed by atoms with Gasteiger partial charge in [0.05, 0.1) is 13.2 Å². The summed E-state index contributed by atoms with van der Waals surface area (Å²) in [6, 6.07) is 1.25. The molecule has 1 aliphatic heterocycles. The van der Waals surface area contributed by atoms with E-state index in [1.54, 1.807) is 0 Å². The Morgan fingerprint density at radius 3 is 1.52 bits per heavy atom. The number of esters is 2. The molecule has 0 aliphatic carbocycles. The Kier molecular flexibility index (Phi) is 38.3. The maximum atomic E-state index is 12.9. The first-order valence-electron chi connectivity index (χ1n) is 29.3. The van der Waals surface area contributed by atoms with Gasteiger partial charge in [-0.1, -0.05) is 227 Å². The molecule has 0 spiro atoms. The minimum absolute atomic E-state index is 0.0578. The zero-order valence-electron chi connectivity index (χ0n) is 46.7. The van der Waals surface area contributed by atoms with Crippen molar-refractivity contribution in [3.05, 3.63) is 22.7 Å².